The molecule has 0 radical (unpaired) electrons. The Hall–Kier alpha value is -0.650. The Morgan fingerprint density at radius 3 is 2.67 bits per heavy atom. The third-order valence-corrected chi connectivity index (χ3v) is 4.16. The quantitative estimate of drug-likeness (QED) is 0.727. The summed E-state index contributed by atoms with van der Waals surface area (Å²) in [4.78, 5) is 14.5. The molecule has 0 spiro atoms. The Labute approximate surface area is 129 Å². The molecule has 0 aromatic heterocycles. The van der Waals surface area contributed by atoms with Gasteiger partial charge in [-0.2, -0.15) is 0 Å². The minimum absolute atomic E-state index is 0.0748. The van der Waals surface area contributed by atoms with Crippen molar-refractivity contribution >= 4 is 5.97 Å². The van der Waals surface area contributed by atoms with Crippen molar-refractivity contribution in [3.8, 4) is 0 Å². The predicted octanol–water partition coefficient (Wildman–Crippen LogP) is 1.81. The van der Waals surface area contributed by atoms with Crippen molar-refractivity contribution in [1.82, 2.24) is 10.2 Å². The van der Waals surface area contributed by atoms with Gasteiger partial charge >= 0.3 is 5.97 Å². The summed E-state index contributed by atoms with van der Waals surface area (Å²) in [5.41, 5.74) is -0.537. The van der Waals surface area contributed by atoms with Crippen LogP contribution in [0.2, 0.25) is 0 Å². The fourth-order valence-electron chi connectivity index (χ4n) is 3.02. The molecule has 5 heteroatoms. The summed E-state index contributed by atoms with van der Waals surface area (Å²) < 4.78 is 10.5. The lowest BCUT2D eigenvalue weighted by atomic mass is 9.93. The van der Waals surface area contributed by atoms with E-state index in [1.54, 1.807) is 0 Å². The number of methoxy groups -OCH3 is 1. The zero-order valence-electron chi connectivity index (χ0n) is 14.5. The lowest BCUT2D eigenvalue weighted by molar-refractivity contribution is -0.148. The molecule has 1 fully saturated rings. The summed E-state index contributed by atoms with van der Waals surface area (Å²) in [5, 5.41) is 3.35. The van der Waals surface area contributed by atoms with E-state index in [-0.39, 0.29) is 17.6 Å². The number of carbonyl (C=O) groups is 1. The summed E-state index contributed by atoms with van der Waals surface area (Å²) >= 11 is 0. The van der Waals surface area contributed by atoms with Gasteiger partial charge in [0, 0.05) is 18.1 Å². The molecular formula is C16H32N2O3. The van der Waals surface area contributed by atoms with Crippen LogP contribution in [0.1, 0.15) is 47.5 Å². The molecule has 1 aliphatic heterocycles. The molecule has 1 saturated heterocycles. The summed E-state index contributed by atoms with van der Waals surface area (Å²) in [6.07, 6.45) is 1.72. The molecule has 0 amide bonds. The minimum Gasteiger partial charge on any atom is -0.468 e. The maximum Gasteiger partial charge on any atom is 0.325 e. The standard InChI is InChI=1S/C16H32N2O3/c1-13(2)17-16(5,14(19)20-6)8-7-9-18-10-11-21-12-15(18,3)4/h13,17H,7-12H2,1-6H3. The van der Waals surface area contributed by atoms with Crippen LogP contribution in [0.3, 0.4) is 0 Å². The van der Waals surface area contributed by atoms with Crippen LogP contribution in [0.25, 0.3) is 0 Å². The molecule has 0 saturated carbocycles. The molecule has 5 nitrogen and oxygen atoms in total. The highest BCUT2D eigenvalue weighted by molar-refractivity contribution is 5.80. The second-order valence-corrected chi connectivity index (χ2v) is 7.08. The van der Waals surface area contributed by atoms with Crippen LogP contribution < -0.4 is 5.32 Å². The number of carbonyl (C=O) groups excluding carboxylic acids is 1. The average molecular weight is 300 g/mol. The van der Waals surface area contributed by atoms with Crippen LogP contribution in [-0.2, 0) is 14.3 Å². The fraction of sp³-hybridized carbons (Fsp3) is 0.938. The predicted molar refractivity (Wildman–Crippen MR) is 84.4 cm³/mol. The smallest absolute Gasteiger partial charge is 0.325 e. The van der Waals surface area contributed by atoms with Gasteiger partial charge in [-0.3, -0.25) is 15.0 Å². The first kappa shape index (κ1) is 18.4. The van der Waals surface area contributed by atoms with Crippen molar-refractivity contribution in [3.63, 3.8) is 0 Å². The third kappa shape index (κ3) is 5.24. The summed E-state index contributed by atoms with van der Waals surface area (Å²) in [5.74, 6) is -0.183. The molecule has 1 N–H and O–H groups in total. The van der Waals surface area contributed by atoms with E-state index in [0.29, 0.717) is 0 Å². The number of hydrogen-bond donors (Lipinski definition) is 1. The lowest BCUT2D eigenvalue weighted by Gasteiger charge is -2.42. The number of hydrogen-bond acceptors (Lipinski definition) is 5. The number of ether oxygens (including phenoxy) is 2. The molecule has 1 aliphatic rings. The van der Waals surface area contributed by atoms with E-state index in [1.165, 1.54) is 7.11 Å². The second-order valence-electron chi connectivity index (χ2n) is 7.08. The summed E-state index contributed by atoms with van der Waals surface area (Å²) in [7, 11) is 1.45. The van der Waals surface area contributed by atoms with Crippen molar-refractivity contribution in [3.05, 3.63) is 0 Å². The Balaban J connectivity index is 2.55. The van der Waals surface area contributed by atoms with Gasteiger partial charge in [-0.05, 0) is 54.0 Å². The molecule has 0 bridgehead atoms. The van der Waals surface area contributed by atoms with E-state index in [0.717, 1.165) is 39.1 Å². The Kier molecular flexibility index (Phi) is 6.63. The molecule has 21 heavy (non-hydrogen) atoms. The molecule has 1 rings (SSSR count). The van der Waals surface area contributed by atoms with E-state index >= 15 is 0 Å². The number of nitrogens with zero attached hydrogens (tertiary/aromatic N) is 1. The first-order valence-electron chi connectivity index (χ1n) is 7.90. The highest BCUT2D eigenvalue weighted by Crippen LogP contribution is 2.22. The van der Waals surface area contributed by atoms with E-state index in [1.807, 2.05) is 20.8 Å². The lowest BCUT2D eigenvalue weighted by Crippen LogP contribution is -2.55. The minimum atomic E-state index is -0.612. The van der Waals surface area contributed by atoms with E-state index < -0.39 is 5.54 Å². The number of esters is 1. The van der Waals surface area contributed by atoms with Gasteiger partial charge < -0.3 is 9.47 Å². The van der Waals surface area contributed by atoms with Gasteiger partial charge in [-0.15, -0.1) is 0 Å². The zero-order chi connectivity index (χ0) is 16.1. The first-order valence-corrected chi connectivity index (χ1v) is 7.90. The van der Waals surface area contributed by atoms with E-state index in [2.05, 4.69) is 24.1 Å². The summed E-state index contributed by atoms with van der Waals surface area (Å²) in [6.45, 7) is 13.9. The Bertz CT molecular complexity index is 344. The maximum atomic E-state index is 12.1. The van der Waals surface area contributed by atoms with Crippen molar-refractivity contribution < 1.29 is 14.3 Å². The second kappa shape index (κ2) is 7.56. The van der Waals surface area contributed by atoms with Gasteiger partial charge in [-0.1, -0.05) is 0 Å². The molecule has 0 aromatic rings. The number of nitrogens with one attached hydrogen (secondary N) is 1. The van der Waals surface area contributed by atoms with Crippen LogP contribution >= 0.6 is 0 Å². The largest absolute Gasteiger partial charge is 0.468 e. The zero-order valence-corrected chi connectivity index (χ0v) is 14.5. The van der Waals surface area contributed by atoms with Crippen molar-refractivity contribution in [1.29, 1.82) is 0 Å². The molecule has 0 aliphatic carbocycles. The van der Waals surface area contributed by atoms with Crippen LogP contribution in [0.15, 0.2) is 0 Å². The van der Waals surface area contributed by atoms with Gasteiger partial charge in [0.15, 0.2) is 0 Å². The topological polar surface area (TPSA) is 50.8 Å². The van der Waals surface area contributed by atoms with Crippen LogP contribution in [0, 0.1) is 0 Å². The van der Waals surface area contributed by atoms with E-state index in [9.17, 15) is 4.79 Å². The molecule has 124 valence electrons. The Morgan fingerprint density at radius 2 is 2.14 bits per heavy atom. The van der Waals surface area contributed by atoms with Gasteiger partial charge in [-0.25, -0.2) is 0 Å². The maximum absolute atomic E-state index is 12.1. The van der Waals surface area contributed by atoms with Crippen molar-refractivity contribution in [2.24, 2.45) is 0 Å². The van der Waals surface area contributed by atoms with Gasteiger partial charge in [0.2, 0.25) is 0 Å². The molecule has 1 unspecified atom stereocenters. The third-order valence-electron chi connectivity index (χ3n) is 4.16. The molecule has 1 atom stereocenters. The average Bonchev–Trinajstić information content (AvgIpc) is 2.38. The number of rotatable bonds is 7. The van der Waals surface area contributed by atoms with Gasteiger partial charge in [0.05, 0.1) is 20.3 Å². The van der Waals surface area contributed by atoms with Gasteiger partial charge in [0.1, 0.15) is 5.54 Å². The van der Waals surface area contributed by atoms with Crippen molar-refractivity contribution in [2.75, 3.05) is 33.4 Å². The summed E-state index contributed by atoms with van der Waals surface area (Å²) in [6, 6.07) is 0.244. The SMILES string of the molecule is COC(=O)C(C)(CCCN1CCOCC1(C)C)NC(C)C. The van der Waals surface area contributed by atoms with Crippen LogP contribution in [-0.4, -0.2) is 61.4 Å². The van der Waals surface area contributed by atoms with Crippen molar-refractivity contribution in [2.45, 2.75) is 64.6 Å². The molecular weight excluding hydrogens is 268 g/mol. The first-order chi connectivity index (χ1) is 9.71. The molecule has 0 aromatic carbocycles. The highest BCUT2D eigenvalue weighted by atomic mass is 16.5. The van der Waals surface area contributed by atoms with Crippen LogP contribution in [0.4, 0.5) is 0 Å². The monoisotopic (exact) mass is 300 g/mol. The normalized spacial score (nSPS) is 22.0. The van der Waals surface area contributed by atoms with Gasteiger partial charge in [0.25, 0.3) is 0 Å². The highest BCUT2D eigenvalue weighted by Gasteiger charge is 2.35. The van der Waals surface area contributed by atoms with Crippen LogP contribution in [0.5, 0.6) is 0 Å². The van der Waals surface area contributed by atoms with E-state index in [4.69, 9.17) is 9.47 Å². The number of morpholine rings is 1. The fourth-order valence-corrected chi connectivity index (χ4v) is 3.02. The molecule has 1 heterocycles. The Morgan fingerprint density at radius 1 is 1.48 bits per heavy atom.